The van der Waals surface area contributed by atoms with Gasteiger partial charge in [-0.15, -0.1) is 0 Å². The molecule has 1 aromatic carbocycles. The molecular weight excluding hydrogens is 248 g/mol. The molecular formula is C13H16N2O4. The quantitative estimate of drug-likeness (QED) is 0.606. The summed E-state index contributed by atoms with van der Waals surface area (Å²) in [5, 5.41) is 23.1. The van der Waals surface area contributed by atoms with Gasteiger partial charge >= 0.3 is 5.97 Å². The van der Waals surface area contributed by atoms with Gasteiger partial charge in [0.15, 0.2) is 0 Å². The van der Waals surface area contributed by atoms with Crippen molar-refractivity contribution < 1.29 is 19.8 Å². The highest BCUT2D eigenvalue weighted by Crippen LogP contribution is 2.32. The van der Waals surface area contributed by atoms with Crippen LogP contribution in [-0.2, 0) is 9.59 Å². The van der Waals surface area contributed by atoms with Crippen molar-refractivity contribution in [2.45, 2.75) is 18.4 Å². The fraction of sp³-hybridized carbons (Fsp3) is 0.385. The van der Waals surface area contributed by atoms with Gasteiger partial charge in [0, 0.05) is 24.6 Å². The number of carboxylic acids is 1. The Morgan fingerprint density at radius 2 is 2.16 bits per heavy atom. The summed E-state index contributed by atoms with van der Waals surface area (Å²) in [6.07, 6.45) is 0.202. The predicted octanol–water partition coefficient (Wildman–Crippen LogP) is 0.147. The summed E-state index contributed by atoms with van der Waals surface area (Å²) in [5.74, 6) is -1.57. The molecule has 0 spiro atoms. The van der Waals surface area contributed by atoms with Gasteiger partial charge in [-0.2, -0.15) is 0 Å². The summed E-state index contributed by atoms with van der Waals surface area (Å²) in [7, 11) is 0. The van der Waals surface area contributed by atoms with Crippen LogP contribution in [0, 0.1) is 0 Å². The van der Waals surface area contributed by atoms with E-state index in [1.807, 2.05) is 24.3 Å². The lowest BCUT2D eigenvalue weighted by atomic mass is 9.97. The number of aliphatic hydroxyl groups excluding tert-OH is 1. The Kier molecular flexibility index (Phi) is 4.01. The Morgan fingerprint density at radius 1 is 1.42 bits per heavy atom. The van der Waals surface area contributed by atoms with Crippen molar-refractivity contribution in [1.82, 2.24) is 5.32 Å². The number of rotatable bonds is 5. The number of hydrogen-bond donors (Lipinski definition) is 4. The smallest absolute Gasteiger partial charge is 0.328 e. The number of carbonyl (C=O) groups is 2. The summed E-state index contributed by atoms with van der Waals surface area (Å²) in [4.78, 5) is 22.5. The zero-order chi connectivity index (χ0) is 13.8. The molecule has 1 unspecified atom stereocenters. The van der Waals surface area contributed by atoms with Gasteiger partial charge in [-0.1, -0.05) is 18.2 Å². The monoisotopic (exact) mass is 264 g/mol. The predicted molar refractivity (Wildman–Crippen MR) is 68.9 cm³/mol. The van der Waals surface area contributed by atoms with Gasteiger partial charge < -0.3 is 20.8 Å². The summed E-state index contributed by atoms with van der Waals surface area (Å²) in [5.41, 5.74) is 2.07. The molecule has 102 valence electrons. The van der Waals surface area contributed by atoms with E-state index < -0.39 is 18.6 Å². The molecule has 0 fully saturated rings. The summed E-state index contributed by atoms with van der Waals surface area (Å²) >= 11 is 0. The maximum atomic E-state index is 11.8. The van der Waals surface area contributed by atoms with Crippen molar-refractivity contribution in [1.29, 1.82) is 0 Å². The number of anilines is 1. The molecule has 0 radical (unpaired) electrons. The van der Waals surface area contributed by atoms with E-state index in [0.29, 0.717) is 6.54 Å². The molecule has 6 nitrogen and oxygen atoms in total. The minimum absolute atomic E-state index is 0.0318. The average Bonchev–Trinajstić information content (AvgIpc) is 2.79. The highest BCUT2D eigenvalue weighted by Gasteiger charge is 2.26. The van der Waals surface area contributed by atoms with Crippen LogP contribution in [0.1, 0.15) is 17.9 Å². The maximum absolute atomic E-state index is 11.8. The molecule has 1 aliphatic rings. The lowest BCUT2D eigenvalue weighted by Gasteiger charge is -2.14. The van der Waals surface area contributed by atoms with Gasteiger partial charge in [-0.3, -0.25) is 4.79 Å². The van der Waals surface area contributed by atoms with Crippen molar-refractivity contribution in [3.63, 3.8) is 0 Å². The number of nitrogens with one attached hydrogen (secondary N) is 2. The average molecular weight is 264 g/mol. The van der Waals surface area contributed by atoms with Crippen LogP contribution in [0.2, 0.25) is 0 Å². The van der Waals surface area contributed by atoms with Crippen molar-refractivity contribution in [2.75, 3.05) is 18.5 Å². The largest absolute Gasteiger partial charge is 0.480 e. The third-order valence-corrected chi connectivity index (χ3v) is 3.19. The van der Waals surface area contributed by atoms with Gasteiger partial charge in [0.05, 0.1) is 6.61 Å². The molecule has 0 bridgehead atoms. The standard InChI is InChI=1S/C13H16N2O4/c16-7-11(13(18)19)15-12(17)5-8-6-14-10-4-2-1-3-9(8)10/h1-4,8,11,14,16H,5-7H2,(H,15,17)(H,18,19)/t8?,11-/m1/s1. The Morgan fingerprint density at radius 3 is 2.84 bits per heavy atom. The van der Waals surface area contributed by atoms with Crippen molar-refractivity contribution in [3.8, 4) is 0 Å². The zero-order valence-corrected chi connectivity index (χ0v) is 10.3. The molecule has 4 N–H and O–H groups in total. The molecule has 1 amide bonds. The molecule has 1 heterocycles. The second-order valence-electron chi connectivity index (χ2n) is 4.51. The minimum Gasteiger partial charge on any atom is -0.480 e. The van der Waals surface area contributed by atoms with Crippen molar-refractivity contribution in [2.24, 2.45) is 0 Å². The fourth-order valence-corrected chi connectivity index (χ4v) is 2.20. The van der Waals surface area contributed by atoms with E-state index in [1.165, 1.54) is 0 Å². The number of carbonyl (C=O) groups excluding carboxylic acids is 1. The van der Waals surface area contributed by atoms with Crippen LogP contribution in [0.15, 0.2) is 24.3 Å². The lowest BCUT2D eigenvalue weighted by molar-refractivity contribution is -0.143. The molecule has 19 heavy (non-hydrogen) atoms. The number of aliphatic carboxylic acids is 1. The van der Waals surface area contributed by atoms with Crippen LogP contribution >= 0.6 is 0 Å². The minimum atomic E-state index is -1.24. The summed E-state index contributed by atoms with van der Waals surface area (Å²) in [6, 6.07) is 6.48. The number of para-hydroxylation sites is 1. The van der Waals surface area contributed by atoms with Crippen molar-refractivity contribution in [3.05, 3.63) is 29.8 Å². The van der Waals surface area contributed by atoms with Crippen LogP contribution in [0.5, 0.6) is 0 Å². The first-order valence-corrected chi connectivity index (χ1v) is 6.07. The molecule has 2 atom stereocenters. The van der Waals surface area contributed by atoms with Gasteiger partial charge in [0.25, 0.3) is 0 Å². The molecule has 0 saturated heterocycles. The van der Waals surface area contributed by atoms with E-state index in [0.717, 1.165) is 11.3 Å². The normalized spacial score (nSPS) is 18.3. The summed E-state index contributed by atoms with van der Waals surface area (Å²) in [6.45, 7) is 0.0458. The second kappa shape index (κ2) is 5.71. The SMILES string of the molecule is O=C(CC1CNc2ccccc21)N[C@H](CO)C(=O)O. The van der Waals surface area contributed by atoms with Gasteiger partial charge in [-0.05, 0) is 11.6 Å². The number of carboxylic acid groups (broad SMARTS) is 1. The number of benzene rings is 1. The second-order valence-corrected chi connectivity index (χ2v) is 4.51. The first-order chi connectivity index (χ1) is 9.11. The molecule has 1 aliphatic heterocycles. The third kappa shape index (κ3) is 3.03. The topological polar surface area (TPSA) is 98.7 Å². The van der Waals surface area contributed by atoms with Gasteiger partial charge in [-0.25, -0.2) is 4.79 Å². The molecule has 0 saturated carbocycles. The van der Waals surface area contributed by atoms with E-state index in [1.54, 1.807) is 0 Å². The van der Waals surface area contributed by atoms with E-state index in [9.17, 15) is 9.59 Å². The Bertz CT molecular complexity index is 489. The van der Waals surface area contributed by atoms with Crippen LogP contribution in [0.25, 0.3) is 0 Å². The van der Waals surface area contributed by atoms with E-state index in [4.69, 9.17) is 10.2 Å². The zero-order valence-electron chi connectivity index (χ0n) is 10.3. The Balaban J connectivity index is 1.96. The molecule has 0 aromatic heterocycles. The molecule has 6 heteroatoms. The number of aliphatic hydroxyl groups is 1. The van der Waals surface area contributed by atoms with Crippen molar-refractivity contribution >= 4 is 17.6 Å². The van der Waals surface area contributed by atoms with Gasteiger partial charge in [0.1, 0.15) is 6.04 Å². The lowest BCUT2D eigenvalue weighted by Crippen LogP contribution is -2.43. The van der Waals surface area contributed by atoms with Gasteiger partial charge in [0.2, 0.25) is 5.91 Å². The van der Waals surface area contributed by atoms with E-state index >= 15 is 0 Å². The Hall–Kier alpha value is -2.08. The molecule has 2 rings (SSSR count). The van der Waals surface area contributed by atoms with Crippen LogP contribution < -0.4 is 10.6 Å². The highest BCUT2D eigenvalue weighted by atomic mass is 16.4. The molecule has 0 aliphatic carbocycles. The first kappa shape index (κ1) is 13.4. The first-order valence-electron chi connectivity index (χ1n) is 6.07. The van der Waals surface area contributed by atoms with E-state index in [-0.39, 0.29) is 18.2 Å². The number of amides is 1. The van der Waals surface area contributed by atoms with Crippen LogP contribution in [0.3, 0.4) is 0 Å². The number of hydrogen-bond acceptors (Lipinski definition) is 4. The third-order valence-electron chi connectivity index (χ3n) is 3.19. The van der Waals surface area contributed by atoms with E-state index in [2.05, 4.69) is 10.6 Å². The highest BCUT2D eigenvalue weighted by molar-refractivity contribution is 5.84. The maximum Gasteiger partial charge on any atom is 0.328 e. The van der Waals surface area contributed by atoms with Crippen LogP contribution in [0.4, 0.5) is 5.69 Å². The van der Waals surface area contributed by atoms with Crippen LogP contribution in [-0.4, -0.2) is 41.3 Å². The summed E-state index contributed by atoms with van der Waals surface area (Å²) < 4.78 is 0. The molecule has 1 aromatic rings. The fourth-order valence-electron chi connectivity index (χ4n) is 2.20. The Labute approximate surface area is 110 Å². The number of fused-ring (bicyclic) bond motifs is 1.